The van der Waals surface area contributed by atoms with Crippen LogP contribution in [0.2, 0.25) is 0 Å². The normalized spacial score (nSPS) is 11.7. The van der Waals surface area contributed by atoms with Crippen LogP contribution < -0.4 is 0 Å². The van der Waals surface area contributed by atoms with E-state index in [1.807, 2.05) is 0 Å². The fraction of sp³-hybridized carbons (Fsp3) is 0.500. The van der Waals surface area contributed by atoms with Gasteiger partial charge in [-0.05, 0) is 31.2 Å². The number of rotatable bonds is 5. The van der Waals surface area contributed by atoms with E-state index in [1.165, 1.54) is 11.1 Å². The molecule has 1 nitrogen and oxygen atoms in total. The average molecular weight is 336 g/mol. The third kappa shape index (κ3) is 4.74. The minimum Gasteiger partial charge on any atom is -0.360 e. The Balaban J connectivity index is 2.51. The molecular formula is C12H17IOS. The maximum atomic E-state index is 5.80. The summed E-state index contributed by atoms with van der Waals surface area (Å²) in [6, 6.07) is 8.61. The van der Waals surface area contributed by atoms with E-state index in [4.69, 9.17) is 4.74 Å². The fourth-order valence-electron chi connectivity index (χ4n) is 1.04. The van der Waals surface area contributed by atoms with Crippen LogP contribution in [0, 0.1) is 0 Å². The summed E-state index contributed by atoms with van der Waals surface area (Å²) in [5, 5.41) is 0. The molecule has 0 radical (unpaired) electrons. The maximum Gasteiger partial charge on any atom is 0.108 e. The zero-order chi connectivity index (χ0) is 11.3. The summed E-state index contributed by atoms with van der Waals surface area (Å²) in [6.07, 6.45) is 2.07. The van der Waals surface area contributed by atoms with E-state index in [0.717, 1.165) is 4.43 Å². The number of benzene rings is 1. The van der Waals surface area contributed by atoms with Gasteiger partial charge in [0.05, 0.1) is 6.61 Å². The lowest BCUT2D eigenvalue weighted by Gasteiger charge is -2.22. The van der Waals surface area contributed by atoms with Crippen molar-refractivity contribution < 1.29 is 4.74 Å². The van der Waals surface area contributed by atoms with Gasteiger partial charge >= 0.3 is 0 Å². The van der Waals surface area contributed by atoms with Gasteiger partial charge in [-0.1, -0.05) is 46.9 Å². The molecule has 0 spiro atoms. The Labute approximate surface area is 110 Å². The SMILES string of the molecule is CSC(C)(C)OCc1ccc(CI)cc1. The standard InChI is InChI=1S/C12H17IOS/c1-12(2,15-3)14-9-11-6-4-10(8-13)5-7-11/h4-7H,8-9H2,1-3H3. The van der Waals surface area contributed by atoms with Crippen molar-refractivity contribution in [3.63, 3.8) is 0 Å². The molecule has 0 fully saturated rings. The fourth-order valence-corrected chi connectivity index (χ4v) is 1.73. The van der Waals surface area contributed by atoms with E-state index in [2.05, 4.69) is 67.0 Å². The zero-order valence-electron chi connectivity index (χ0n) is 9.42. The van der Waals surface area contributed by atoms with E-state index < -0.39 is 0 Å². The van der Waals surface area contributed by atoms with E-state index in [1.54, 1.807) is 11.8 Å². The van der Waals surface area contributed by atoms with Crippen molar-refractivity contribution in [2.75, 3.05) is 6.26 Å². The van der Waals surface area contributed by atoms with Crippen LogP contribution in [-0.2, 0) is 15.8 Å². The highest BCUT2D eigenvalue weighted by Gasteiger charge is 2.15. The maximum absolute atomic E-state index is 5.80. The first-order chi connectivity index (χ1) is 7.07. The summed E-state index contributed by atoms with van der Waals surface area (Å²) in [5.74, 6) is 0. The van der Waals surface area contributed by atoms with E-state index in [9.17, 15) is 0 Å². The topological polar surface area (TPSA) is 9.23 Å². The number of alkyl halides is 1. The Bertz CT molecular complexity index is 295. The van der Waals surface area contributed by atoms with Crippen molar-refractivity contribution in [2.24, 2.45) is 0 Å². The molecule has 0 atom stereocenters. The zero-order valence-corrected chi connectivity index (χ0v) is 12.4. The summed E-state index contributed by atoms with van der Waals surface area (Å²) in [6.45, 7) is 4.88. The van der Waals surface area contributed by atoms with Gasteiger partial charge < -0.3 is 4.74 Å². The molecule has 3 heteroatoms. The number of hydrogen-bond acceptors (Lipinski definition) is 2. The average Bonchev–Trinajstić information content (AvgIpc) is 2.27. The van der Waals surface area contributed by atoms with Crippen molar-refractivity contribution in [3.05, 3.63) is 35.4 Å². The Morgan fingerprint density at radius 3 is 2.20 bits per heavy atom. The summed E-state index contributed by atoms with van der Waals surface area (Å²) >= 11 is 4.10. The van der Waals surface area contributed by atoms with Gasteiger partial charge in [0, 0.05) is 4.43 Å². The summed E-state index contributed by atoms with van der Waals surface area (Å²) in [7, 11) is 0. The van der Waals surface area contributed by atoms with Crippen molar-refractivity contribution in [1.29, 1.82) is 0 Å². The Kier molecular flexibility index (Phi) is 5.43. The molecule has 0 bridgehead atoms. The first-order valence-electron chi connectivity index (χ1n) is 4.90. The largest absolute Gasteiger partial charge is 0.360 e. The highest BCUT2D eigenvalue weighted by Crippen LogP contribution is 2.24. The number of hydrogen-bond donors (Lipinski definition) is 0. The lowest BCUT2D eigenvalue weighted by Crippen LogP contribution is -2.18. The predicted molar refractivity (Wildman–Crippen MR) is 76.5 cm³/mol. The van der Waals surface area contributed by atoms with Crippen LogP contribution in [0.15, 0.2) is 24.3 Å². The molecule has 1 rings (SSSR count). The van der Waals surface area contributed by atoms with Crippen molar-refractivity contribution >= 4 is 34.4 Å². The third-order valence-corrected chi connectivity index (χ3v) is 4.24. The van der Waals surface area contributed by atoms with Gasteiger partial charge in [0.1, 0.15) is 4.93 Å². The van der Waals surface area contributed by atoms with Crippen LogP contribution >= 0.6 is 34.4 Å². The van der Waals surface area contributed by atoms with Crippen molar-refractivity contribution in [2.45, 2.75) is 29.8 Å². The van der Waals surface area contributed by atoms with Gasteiger partial charge in [-0.25, -0.2) is 0 Å². The van der Waals surface area contributed by atoms with Crippen molar-refractivity contribution in [3.8, 4) is 0 Å². The third-order valence-electron chi connectivity index (χ3n) is 2.26. The molecule has 0 aliphatic heterocycles. The first kappa shape index (κ1) is 13.3. The molecule has 1 aromatic rings. The molecule has 15 heavy (non-hydrogen) atoms. The summed E-state index contributed by atoms with van der Waals surface area (Å²) < 4.78 is 6.86. The van der Waals surface area contributed by atoms with Crippen LogP contribution in [0.1, 0.15) is 25.0 Å². The van der Waals surface area contributed by atoms with Gasteiger partial charge in [-0.3, -0.25) is 0 Å². The molecule has 0 N–H and O–H groups in total. The minimum absolute atomic E-state index is 0.0953. The Morgan fingerprint density at radius 1 is 1.20 bits per heavy atom. The molecule has 0 aliphatic carbocycles. The quantitative estimate of drug-likeness (QED) is 0.452. The molecular weight excluding hydrogens is 319 g/mol. The minimum atomic E-state index is -0.0953. The first-order valence-corrected chi connectivity index (χ1v) is 7.65. The van der Waals surface area contributed by atoms with Gasteiger partial charge in [-0.15, -0.1) is 11.8 Å². The lowest BCUT2D eigenvalue weighted by atomic mass is 10.2. The predicted octanol–water partition coefficient (Wildman–Crippen LogP) is 4.24. The van der Waals surface area contributed by atoms with Crippen LogP contribution in [0.4, 0.5) is 0 Å². The molecule has 0 aliphatic rings. The molecule has 0 saturated carbocycles. The molecule has 0 aromatic heterocycles. The molecule has 0 unspecified atom stereocenters. The van der Waals surface area contributed by atoms with Crippen LogP contribution in [0.3, 0.4) is 0 Å². The smallest absolute Gasteiger partial charge is 0.108 e. The molecule has 84 valence electrons. The molecule has 0 saturated heterocycles. The number of thioether (sulfide) groups is 1. The van der Waals surface area contributed by atoms with Gasteiger partial charge in [-0.2, -0.15) is 0 Å². The van der Waals surface area contributed by atoms with E-state index in [-0.39, 0.29) is 4.93 Å². The van der Waals surface area contributed by atoms with Crippen LogP contribution in [0.25, 0.3) is 0 Å². The summed E-state index contributed by atoms with van der Waals surface area (Å²) in [4.78, 5) is -0.0953. The monoisotopic (exact) mass is 336 g/mol. The van der Waals surface area contributed by atoms with Gasteiger partial charge in [0.2, 0.25) is 0 Å². The highest BCUT2D eigenvalue weighted by atomic mass is 127. The van der Waals surface area contributed by atoms with Gasteiger partial charge in [0.15, 0.2) is 0 Å². The number of halogens is 1. The lowest BCUT2D eigenvalue weighted by molar-refractivity contribution is 0.0398. The Hall–Kier alpha value is 0.260. The highest BCUT2D eigenvalue weighted by molar-refractivity contribution is 14.1. The molecule has 0 heterocycles. The van der Waals surface area contributed by atoms with E-state index in [0.29, 0.717) is 6.61 Å². The van der Waals surface area contributed by atoms with E-state index >= 15 is 0 Å². The van der Waals surface area contributed by atoms with Crippen LogP contribution in [-0.4, -0.2) is 11.2 Å². The van der Waals surface area contributed by atoms with Crippen molar-refractivity contribution in [1.82, 2.24) is 0 Å². The Morgan fingerprint density at radius 2 is 1.73 bits per heavy atom. The summed E-state index contributed by atoms with van der Waals surface area (Å²) in [5.41, 5.74) is 2.61. The van der Waals surface area contributed by atoms with Crippen LogP contribution in [0.5, 0.6) is 0 Å². The number of ether oxygens (including phenoxy) is 1. The molecule has 1 aromatic carbocycles. The second kappa shape index (κ2) is 6.11. The van der Waals surface area contributed by atoms with Gasteiger partial charge in [0.25, 0.3) is 0 Å². The second-order valence-electron chi connectivity index (χ2n) is 3.84. The molecule has 0 amide bonds. The second-order valence-corrected chi connectivity index (χ2v) is 6.00.